The van der Waals surface area contributed by atoms with Gasteiger partial charge in [-0.25, -0.2) is 9.97 Å². The van der Waals surface area contributed by atoms with Gasteiger partial charge in [0.2, 0.25) is 0 Å². The summed E-state index contributed by atoms with van der Waals surface area (Å²) < 4.78 is 2.13. The molecule has 2 heterocycles. The average Bonchev–Trinajstić information content (AvgIpc) is 3.15. The fourth-order valence-corrected chi connectivity index (χ4v) is 3.89. The predicted molar refractivity (Wildman–Crippen MR) is 122 cm³/mol. The summed E-state index contributed by atoms with van der Waals surface area (Å²) in [7, 11) is 0. The number of imidazole rings is 1. The van der Waals surface area contributed by atoms with E-state index in [0.717, 1.165) is 58.0 Å². The van der Waals surface area contributed by atoms with Crippen molar-refractivity contribution in [3.8, 4) is 0 Å². The molecule has 0 aliphatic heterocycles. The fraction of sp³-hybridized carbons (Fsp3) is 0.292. The number of pyridine rings is 1. The van der Waals surface area contributed by atoms with Gasteiger partial charge in [-0.3, -0.25) is 4.79 Å². The summed E-state index contributed by atoms with van der Waals surface area (Å²) in [6.45, 7) is 7.53. The zero-order chi connectivity index (χ0) is 21.3. The van der Waals surface area contributed by atoms with Gasteiger partial charge in [0.1, 0.15) is 5.52 Å². The summed E-state index contributed by atoms with van der Waals surface area (Å²) in [6, 6.07) is 12.0. The smallest absolute Gasteiger partial charge is 0.251 e. The first-order valence-corrected chi connectivity index (χ1v) is 10.3. The number of fused-ring (bicyclic) bond motifs is 3. The molecule has 3 N–H and O–H groups in total. The SMILES string of the molecule is Cc1cc(C)c(C(=O)NCCCCn2cnc3c(N)nc4ccccc4c32)cc1C. The van der Waals surface area contributed by atoms with Crippen molar-refractivity contribution >= 4 is 33.7 Å². The summed E-state index contributed by atoms with van der Waals surface area (Å²) in [6.07, 6.45) is 3.63. The number of benzene rings is 2. The van der Waals surface area contributed by atoms with Gasteiger partial charge in [0.15, 0.2) is 5.82 Å². The lowest BCUT2D eigenvalue weighted by Crippen LogP contribution is -2.25. The van der Waals surface area contributed by atoms with Crippen LogP contribution in [0.3, 0.4) is 0 Å². The Bertz CT molecular complexity index is 1240. The number of hydrogen-bond donors (Lipinski definition) is 2. The Labute approximate surface area is 176 Å². The summed E-state index contributed by atoms with van der Waals surface area (Å²) in [5, 5.41) is 4.10. The Morgan fingerprint density at radius 1 is 1.07 bits per heavy atom. The van der Waals surface area contributed by atoms with E-state index >= 15 is 0 Å². The topological polar surface area (TPSA) is 85.8 Å². The second-order valence-electron chi connectivity index (χ2n) is 7.86. The lowest BCUT2D eigenvalue weighted by atomic mass is 10.0. The minimum Gasteiger partial charge on any atom is -0.382 e. The van der Waals surface area contributed by atoms with E-state index in [1.807, 2.05) is 44.4 Å². The number of carbonyl (C=O) groups excluding carboxylic acids is 1. The number of nitrogen functional groups attached to an aromatic ring is 1. The molecule has 154 valence electrons. The summed E-state index contributed by atoms with van der Waals surface area (Å²) in [5.74, 6) is 0.451. The third kappa shape index (κ3) is 3.73. The molecule has 4 aromatic rings. The lowest BCUT2D eigenvalue weighted by Gasteiger charge is -2.11. The molecule has 0 saturated heterocycles. The number of nitrogens with one attached hydrogen (secondary N) is 1. The molecule has 6 heteroatoms. The van der Waals surface area contributed by atoms with E-state index in [1.54, 1.807) is 0 Å². The van der Waals surface area contributed by atoms with Crippen molar-refractivity contribution in [2.45, 2.75) is 40.2 Å². The van der Waals surface area contributed by atoms with Crippen LogP contribution >= 0.6 is 0 Å². The van der Waals surface area contributed by atoms with Crippen LogP contribution in [-0.2, 0) is 6.54 Å². The van der Waals surface area contributed by atoms with E-state index in [0.29, 0.717) is 12.4 Å². The number of nitrogens with two attached hydrogens (primary N) is 1. The number of carbonyl (C=O) groups is 1. The largest absolute Gasteiger partial charge is 0.382 e. The molecule has 1 amide bonds. The van der Waals surface area contributed by atoms with Crippen LogP contribution in [0, 0.1) is 20.8 Å². The quantitative estimate of drug-likeness (QED) is 0.472. The van der Waals surface area contributed by atoms with Gasteiger partial charge in [-0.05, 0) is 62.4 Å². The van der Waals surface area contributed by atoms with Gasteiger partial charge >= 0.3 is 0 Å². The van der Waals surface area contributed by atoms with Gasteiger partial charge in [0.05, 0.1) is 17.4 Å². The van der Waals surface area contributed by atoms with E-state index < -0.39 is 0 Å². The van der Waals surface area contributed by atoms with Crippen molar-refractivity contribution in [1.82, 2.24) is 19.9 Å². The second-order valence-corrected chi connectivity index (χ2v) is 7.86. The summed E-state index contributed by atoms with van der Waals surface area (Å²) in [4.78, 5) is 21.4. The molecule has 0 fully saturated rings. The number of amides is 1. The van der Waals surface area contributed by atoms with Gasteiger partial charge in [0, 0.05) is 24.0 Å². The van der Waals surface area contributed by atoms with Crippen LogP contribution in [0.4, 0.5) is 5.82 Å². The van der Waals surface area contributed by atoms with Crippen molar-refractivity contribution in [3.05, 3.63) is 65.0 Å². The molecule has 0 spiro atoms. The fourth-order valence-electron chi connectivity index (χ4n) is 3.89. The maximum atomic E-state index is 12.5. The standard InChI is InChI=1S/C24H27N5O/c1-15-12-17(3)19(13-16(15)2)24(30)26-10-6-7-11-29-14-27-21-22(29)18-8-4-5-9-20(18)28-23(21)25/h4-5,8-9,12-14H,6-7,10-11H2,1-3H3,(H2,25,28)(H,26,30). The normalized spacial score (nSPS) is 11.3. The average molecular weight is 402 g/mol. The van der Waals surface area contributed by atoms with Crippen molar-refractivity contribution in [2.75, 3.05) is 12.3 Å². The number of para-hydroxylation sites is 1. The Hall–Kier alpha value is -3.41. The van der Waals surface area contributed by atoms with Crippen molar-refractivity contribution in [3.63, 3.8) is 0 Å². The molecular formula is C24H27N5O. The van der Waals surface area contributed by atoms with Gasteiger partial charge < -0.3 is 15.6 Å². The van der Waals surface area contributed by atoms with Gasteiger partial charge in [0.25, 0.3) is 5.91 Å². The van der Waals surface area contributed by atoms with Gasteiger partial charge in [-0.15, -0.1) is 0 Å². The molecule has 6 nitrogen and oxygen atoms in total. The Morgan fingerprint density at radius 3 is 2.67 bits per heavy atom. The molecule has 0 aliphatic carbocycles. The second kappa shape index (κ2) is 8.14. The van der Waals surface area contributed by atoms with Gasteiger partial charge in [-0.1, -0.05) is 24.3 Å². The molecule has 0 radical (unpaired) electrons. The highest BCUT2D eigenvalue weighted by Crippen LogP contribution is 2.27. The maximum absolute atomic E-state index is 12.5. The Balaban J connectivity index is 1.39. The monoisotopic (exact) mass is 401 g/mol. The highest BCUT2D eigenvalue weighted by atomic mass is 16.1. The maximum Gasteiger partial charge on any atom is 0.251 e. The zero-order valence-corrected chi connectivity index (χ0v) is 17.7. The van der Waals surface area contributed by atoms with Crippen LogP contribution in [-0.4, -0.2) is 27.0 Å². The number of nitrogens with zero attached hydrogens (tertiary/aromatic N) is 3. The third-order valence-electron chi connectivity index (χ3n) is 5.68. The highest BCUT2D eigenvalue weighted by molar-refractivity contribution is 6.06. The molecule has 0 atom stereocenters. The van der Waals surface area contributed by atoms with E-state index in [2.05, 4.69) is 38.9 Å². The highest BCUT2D eigenvalue weighted by Gasteiger charge is 2.12. The van der Waals surface area contributed by atoms with Crippen molar-refractivity contribution in [1.29, 1.82) is 0 Å². The minimum absolute atomic E-state index is 0.00600. The zero-order valence-electron chi connectivity index (χ0n) is 17.7. The molecule has 0 aliphatic rings. The van der Waals surface area contributed by atoms with Crippen LogP contribution in [0.15, 0.2) is 42.7 Å². The van der Waals surface area contributed by atoms with Crippen LogP contribution in [0.1, 0.15) is 39.9 Å². The summed E-state index contributed by atoms with van der Waals surface area (Å²) >= 11 is 0. The van der Waals surface area contributed by atoms with E-state index in [4.69, 9.17) is 5.73 Å². The first-order chi connectivity index (χ1) is 14.5. The Morgan fingerprint density at radius 2 is 1.83 bits per heavy atom. The molecule has 0 bridgehead atoms. The van der Waals surface area contributed by atoms with E-state index in [9.17, 15) is 4.79 Å². The Kier molecular flexibility index (Phi) is 5.40. The third-order valence-corrected chi connectivity index (χ3v) is 5.68. The minimum atomic E-state index is -0.00600. The lowest BCUT2D eigenvalue weighted by molar-refractivity contribution is 0.0952. The summed E-state index contributed by atoms with van der Waals surface area (Å²) in [5.41, 5.74) is 12.9. The molecule has 30 heavy (non-hydrogen) atoms. The number of anilines is 1. The molecule has 0 saturated carbocycles. The molecule has 0 unspecified atom stereocenters. The molecule has 2 aromatic carbocycles. The number of hydrogen-bond acceptors (Lipinski definition) is 4. The van der Waals surface area contributed by atoms with Crippen molar-refractivity contribution < 1.29 is 4.79 Å². The molecule has 4 rings (SSSR count). The first kappa shape index (κ1) is 19.9. The number of aromatic nitrogens is 3. The molecular weight excluding hydrogens is 374 g/mol. The number of unbranched alkanes of at least 4 members (excludes halogenated alkanes) is 1. The van der Waals surface area contributed by atoms with Crippen molar-refractivity contribution in [2.24, 2.45) is 0 Å². The predicted octanol–water partition coefficient (Wildman–Crippen LogP) is 4.30. The van der Waals surface area contributed by atoms with E-state index in [-0.39, 0.29) is 5.91 Å². The van der Waals surface area contributed by atoms with Gasteiger partial charge in [-0.2, -0.15) is 0 Å². The number of aryl methyl sites for hydroxylation is 4. The first-order valence-electron chi connectivity index (χ1n) is 10.3. The number of rotatable bonds is 6. The van der Waals surface area contributed by atoms with Crippen LogP contribution in [0.2, 0.25) is 0 Å². The van der Waals surface area contributed by atoms with E-state index in [1.165, 1.54) is 5.56 Å². The molecule has 2 aromatic heterocycles. The van der Waals surface area contributed by atoms with Crippen LogP contribution in [0.25, 0.3) is 21.9 Å². The van der Waals surface area contributed by atoms with Crippen LogP contribution in [0.5, 0.6) is 0 Å². The van der Waals surface area contributed by atoms with Crippen LogP contribution < -0.4 is 11.1 Å².